The van der Waals surface area contributed by atoms with E-state index in [2.05, 4.69) is 4.98 Å². The van der Waals surface area contributed by atoms with Gasteiger partial charge >= 0.3 is 0 Å². The van der Waals surface area contributed by atoms with Crippen LogP contribution in [0.2, 0.25) is 5.02 Å². The van der Waals surface area contributed by atoms with Gasteiger partial charge in [-0.3, -0.25) is 9.59 Å². The van der Waals surface area contributed by atoms with Gasteiger partial charge in [0.25, 0.3) is 11.5 Å². The molecule has 0 aliphatic carbocycles. The number of hydrogen-bond donors (Lipinski definition) is 1. The minimum absolute atomic E-state index is 0.152. The predicted octanol–water partition coefficient (Wildman–Crippen LogP) is 2.24. The maximum absolute atomic E-state index is 12.5. The van der Waals surface area contributed by atoms with Crippen LogP contribution >= 0.6 is 11.6 Å². The molecule has 2 aromatic rings. The van der Waals surface area contributed by atoms with Crippen LogP contribution in [0.1, 0.15) is 22.0 Å². The first-order valence-electron chi connectivity index (χ1n) is 6.99. The Balaban J connectivity index is 1.78. The Hall–Kier alpha value is -2.11. The number of nitrogens with zero attached hydrogens (tertiary/aromatic N) is 1. The highest BCUT2D eigenvalue weighted by molar-refractivity contribution is 6.30. The van der Waals surface area contributed by atoms with E-state index in [4.69, 9.17) is 16.3 Å². The van der Waals surface area contributed by atoms with Crippen LogP contribution in [-0.2, 0) is 4.74 Å². The van der Waals surface area contributed by atoms with Gasteiger partial charge in [-0.15, -0.1) is 0 Å². The fourth-order valence-corrected chi connectivity index (χ4v) is 2.60. The second kappa shape index (κ2) is 6.34. The van der Waals surface area contributed by atoms with E-state index in [1.165, 1.54) is 12.3 Å². The van der Waals surface area contributed by atoms with Gasteiger partial charge in [0, 0.05) is 17.8 Å². The first-order chi connectivity index (χ1) is 10.6. The summed E-state index contributed by atoms with van der Waals surface area (Å²) >= 11 is 5.88. The van der Waals surface area contributed by atoms with Crippen LogP contribution in [-0.4, -0.2) is 35.5 Å². The number of carbonyl (C=O) groups is 1. The number of halogens is 1. The van der Waals surface area contributed by atoms with E-state index >= 15 is 0 Å². The lowest BCUT2D eigenvalue weighted by atomic mass is 10.1. The number of morpholine rings is 1. The quantitative estimate of drug-likeness (QED) is 0.923. The Morgan fingerprint density at radius 1 is 1.27 bits per heavy atom. The van der Waals surface area contributed by atoms with Crippen LogP contribution in [0.4, 0.5) is 0 Å². The Labute approximate surface area is 132 Å². The summed E-state index contributed by atoms with van der Waals surface area (Å²) in [5, 5.41) is 0.656. The molecule has 6 heteroatoms. The molecule has 0 bridgehead atoms. The number of amides is 1. The molecule has 1 fully saturated rings. The number of nitrogens with one attached hydrogen (secondary N) is 1. The molecule has 22 heavy (non-hydrogen) atoms. The highest BCUT2D eigenvalue weighted by atomic mass is 35.5. The van der Waals surface area contributed by atoms with Crippen molar-refractivity contribution in [2.45, 2.75) is 6.10 Å². The summed E-state index contributed by atoms with van der Waals surface area (Å²) in [5.41, 5.74) is 0.741. The van der Waals surface area contributed by atoms with Crippen LogP contribution in [0.5, 0.6) is 0 Å². The molecule has 3 rings (SSSR count). The molecule has 1 aromatic heterocycles. The third kappa shape index (κ3) is 3.05. The predicted molar refractivity (Wildman–Crippen MR) is 83.1 cm³/mol. The topological polar surface area (TPSA) is 62.4 Å². The van der Waals surface area contributed by atoms with Crippen LogP contribution < -0.4 is 5.56 Å². The molecular weight excluding hydrogens is 304 g/mol. The minimum atomic E-state index is -0.373. The van der Waals surface area contributed by atoms with Gasteiger partial charge in [-0.05, 0) is 29.8 Å². The second-order valence-corrected chi connectivity index (χ2v) is 5.51. The van der Waals surface area contributed by atoms with Crippen molar-refractivity contribution >= 4 is 17.5 Å². The lowest BCUT2D eigenvalue weighted by Gasteiger charge is -2.33. The Morgan fingerprint density at radius 2 is 2.05 bits per heavy atom. The summed E-state index contributed by atoms with van der Waals surface area (Å²) in [6.07, 6.45) is 1.30. The molecule has 1 amide bonds. The van der Waals surface area contributed by atoms with Crippen LogP contribution in [0.15, 0.2) is 47.4 Å². The lowest BCUT2D eigenvalue weighted by molar-refractivity contribution is -0.0228. The molecule has 0 saturated carbocycles. The third-order valence-corrected chi connectivity index (χ3v) is 3.90. The van der Waals surface area contributed by atoms with Gasteiger partial charge in [0.2, 0.25) is 0 Å². The molecule has 1 aromatic carbocycles. The molecule has 2 heterocycles. The number of hydrogen-bond acceptors (Lipinski definition) is 3. The number of H-pyrrole nitrogens is 1. The average molecular weight is 319 g/mol. The van der Waals surface area contributed by atoms with E-state index in [0.717, 1.165) is 5.56 Å². The van der Waals surface area contributed by atoms with Gasteiger partial charge in [0.1, 0.15) is 11.7 Å². The molecule has 0 spiro atoms. The molecular formula is C16H15ClN2O3. The molecule has 1 atom stereocenters. The Morgan fingerprint density at radius 3 is 2.77 bits per heavy atom. The van der Waals surface area contributed by atoms with Crippen LogP contribution in [0, 0.1) is 0 Å². The van der Waals surface area contributed by atoms with Crippen molar-refractivity contribution in [3.8, 4) is 0 Å². The maximum atomic E-state index is 12.5. The van der Waals surface area contributed by atoms with Crippen LogP contribution in [0.3, 0.4) is 0 Å². The standard InChI is InChI=1S/C16H15ClN2O3/c17-12-5-3-11(4-6-12)14-10-19(8-9-22-14)16(21)13-2-1-7-18-15(13)20/h1-7,14H,8-10H2,(H,18,20). The zero-order valence-electron chi connectivity index (χ0n) is 11.8. The zero-order chi connectivity index (χ0) is 15.5. The van der Waals surface area contributed by atoms with E-state index < -0.39 is 0 Å². The van der Waals surface area contributed by atoms with Crippen LogP contribution in [0.25, 0.3) is 0 Å². The van der Waals surface area contributed by atoms with Gasteiger partial charge < -0.3 is 14.6 Å². The summed E-state index contributed by atoms with van der Waals surface area (Å²) < 4.78 is 5.73. The van der Waals surface area contributed by atoms with Crippen molar-refractivity contribution in [3.63, 3.8) is 0 Å². The number of aromatic nitrogens is 1. The number of ether oxygens (including phenoxy) is 1. The number of pyridine rings is 1. The molecule has 114 valence electrons. The summed E-state index contributed by atoms with van der Waals surface area (Å²) in [6, 6.07) is 10.5. The van der Waals surface area contributed by atoms with Crippen molar-refractivity contribution in [2.24, 2.45) is 0 Å². The molecule has 1 unspecified atom stereocenters. The molecule has 1 aliphatic rings. The molecule has 0 radical (unpaired) electrons. The second-order valence-electron chi connectivity index (χ2n) is 5.08. The van der Waals surface area contributed by atoms with Crippen molar-refractivity contribution in [1.82, 2.24) is 9.88 Å². The summed E-state index contributed by atoms with van der Waals surface area (Å²) in [4.78, 5) is 28.4. The Bertz CT molecular complexity index is 727. The maximum Gasteiger partial charge on any atom is 0.260 e. The van der Waals surface area contributed by atoms with Crippen molar-refractivity contribution < 1.29 is 9.53 Å². The first kappa shape index (κ1) is 14.8. The molecule has 1 saturated heterocycles. The van der Waals surface area contributed by atoms with Gasteiger partial charge in [-0.1, -0.05) is 23.7 Å². The molecule has 1 N–H and O–H groups in total. The number of carbonyl (C=O) groups excluding carboxylic acids is 1. The van der Waals surface area contributed by atoms with Gasteiger partial charge in [-0.25, -0.2) is 0 Å². The third-order valence-electron chi connectivity index (χ3n) is 3.64. The monoisotopic (exact) mass is 318 g/mol. The Kier molecular flexibility index (Phi) is 4.27. The molecule has 1 aliphatic heterocycles. The first-order valence-corrected chi connectivity index (χ1v) is 7.37. The number of rotatable bonds is 2. The summed E-state index contributed by atoms with van der Waals surface area (Å²) in [7, 11) is 0. The van der Waals surface area contributed by atoms with Crippen molar-refractivity contribution in [3.05, 3.63) is 69.1 Å². The van der Waals surface area contributed by atoms with Crippen molar-refractivity contribution in [2.75, 3.05) is 19.7 Å². The van der Waals surface area contributed by atoms with Crippen molar-refractivity contribution in [1.29, 1.82) is 0 Å². The SMILES string of the molecule is O=C(c1ccc[nH]c1=O)N1CCOC(c2ccc(Cl)cc2)C1. The summed E-state index contributed by atoms with van der Waals surface area (Å²) in [5.74, 6) is -0.274. The van der Waals surface area contributed by atoms with E-state index in [-0.39, 0.29) is 23.1 Å². The van der Waals surface area contributed by atoms with E-state index in [0.29, 0.717) is 24.7 Å². The van der Waals surface area contributed by atoms with E-state index in [1.54, 1.807) is 23.1 Å². The zero-order valence-corrected chi connectivity index (χ0v) is 12.5. The average Bonchev–Trinajstić information content (AvgIpc) is 2.55. The smallest absolute Gasteiger partial charge is 0.260 e. The van der Waals surface area contributed by atoms with E-state index in [1.807, 2.05) is 12.1 Å². The van der Waals surface area contributed by atoms with Gasteiger partial charge in [0.05, 0.1) is 13.2 Å². The normalized spacial score (nSPS) is 18.2. The number of aromatic amines is 1. The van der Waals surface area contributed by atoms with Gasteiger partial charge in [0.15, 0.2) is 0 Å². The minimum Gasteiger partial charge on any atom is -0.370 e. The van der Waals surface area contributed by atoms with E-state index in [9.17, 15) is 9.59 Å². The summed E-state index contributed by atoms with van der Waals surface area (Å²) in [6.45, 7) is 1.32. The van der Waals surface area contributed by atoms with Gasteiger partial charge in [-0.2, -0.15) is 0 Å². The molecule has 5 nitrogen and oxygen atoms in total. The highest BCUT2D eigenvalue weighted by Crippen LogP contribution is 2.24. The fraction of sp³-hybridized carbons (Fsp3) is 0.250. The largest absolute Gasteiger partial charge is 0.370 e. The number of benzene rings is 1. The fourth-order valence-electron chi connectivity index (χ4n) is 2.47. The lowest BCUT2D eigenvalue weighted by Crippen LogP contribution is -2.43. The highest BCUT2D eigenvalue weighted by Gasteiger charge is 2.27.